The van der Waals surface area contributed by atoms with Gasteiger partial charge in [0.15, 0.2) is 0 Å². The van der Waals surface area contributed by atoms with Crippen LogP contribution in [0.25, 0.3) is 11.1 Å². The van der Waals surface area contributed by atoms with E-state index in [-0.39, 0.29) is 0 Å². The molecule has 1 aromatic carbocycles. The lowest BCUT2D eigenvalue weighted by molar-refractivity contribution is 0.590. The van der Waals surface area contributed by atoms with Crippen molar-refractivity contribution < 1.29 is 0 Å². The lowest BCUT2D eigenvalue weighted by atomic mass is 10.0. The molecule has 2 aromatic rings. The molecule has 0 unspecified atom stereocenters. The van der Waals surface area contributed by atoms with E-state index in [4.69, 9.17) is 11.5 Å². The van der Waals surface area contributed by atoms with Gasteiger partial charge in [0.25, 0.3) is 0 Å². The lowest BCUT2D eigenvalue weighted by Crippen LogP contribution is -2.21. The Kier molecular flexibility index (Phi) is 3.89. The Balaban J connectivity index is 2.33. The molecular weight excluding hydrogens is 242 g/mol. The SMILES string of the molecule is CC(C)NCc1cscc1-c1cc(N)ccc1N. The fourth-order valence-corrected chi connectivity index (χ4v) is 2.67. The monoisotopic (exact) mass is 261 g/mol. The van der Waals surface area contributed by atoms with Gasteiger partial charge in [0.2, 0.25) is 0 Å². The van der Waals surface area contributed by atoms with Crippen LogP contribution in [-0.4, -0.2) is 6.04 Å². The highest BCUT2D eigenvalue weighted by molar-refractivity contribution is 7.08. The normalized spacial score (nSPS) is 11.1. The second-order valence-electron chi connectivity index (χ2n) is 4.69. The number of nitrogen functional groups attached to an aromatic ring is 2. The molecule has 0 saturated heterocycles. The number of thiophene rings is 1. The van der Waals surface area contributed by atoms with E-state index in [1.54, 1.807) is 11.3 Å². The van der Waals surface area contributed by atoms with Crippen LogP contribution in [0.5, 0.6) is 0 Å². The molecular formula is C14H19N3S. The van der Waals surface area contributed by atoms with Gasteiger partial charge in [-0.25, -0.2) is 0 Å². The molecule has 0 aliphatic heterocycles. The van der Waals surface area contributed by atoms with Gasteiger partial charge in [-0.3, -0.25) is 0 Å². The standard InChI is InChI=1S/C14H19N3S/c1-9(2)17-6-10-7-18-8-13(10)12-5-11(15)3-4-14(12)16/h3-5,7-9,17H,6,15-16H2,1-2H3. The molecule has 0 aliphatic carbocycles. The first-order chi connectivity index (χ1) is 8.58. The van der Waals surface area contributed by atoms with Crippen molar-refractivity contribution in [2.75, 3.05) is 11.5 Å². The average molecular weight is 261 g/mol. The van der Waals surface area contributed by atoms with Crippen LogP contribution >= 0.6 is 11.3 Å². The fourth-order valence-electron chi connectivity index (χ4n) is 1.82. The summed E-state index contributed by atoms with van der Waals surface area (Å²) in [5.41, 5.74) is 16.9. The van der Waals surface area contributed by atoms with Crippen LogP contribution in [0.2, 0.25) is 0 Å². The zero-order valence-corrected chi connectivity index (χ0v) is 11.6. The van der Waals surface area contributed by atoms with Gasteiger partial charge >= 0.3 is 0 Å². The summed E-state index contributed by atoms with van der Waals surface area (Å²) in [5.74, 6) is 0. The highest BCUT2D eigenvalue weighted by Crippen LogP contribution is 2.33. The number of benzene rings is 1. The predicted molar refractivity (Wildman–Crippen MR) is 80.6 cm³/mol. The Labute approximate surface area is 112 Å². The van der Waals surface area contributed by atoms with E-state index < -0.39 is 0 Å². The maximum Gasteiger partial charge on any atom is 0.0395 e. The summed E-state index contributed by atoms with van der Waals surface area (Å²) in [4.78, 5) is 0. The van der Waals surface area contributed by atoms with Crippen molar-refractivity contribution in [3.8, 4) is 11.1 Å². The molecule has 1 heterocycles. The third-order valence-electron chi connectivity index (χ3n) is 2.81. The van der Waals surface area contributed by atoms with Crippen LogP contribution in [-0.2, 0) is 6.54 Å². The molecule has 0 spiro atoms. The van der Waals surface area contributed by atoms with E-state index in [0.29, 0.717) is 6.04 Å². The van der Waals surface area contributed by atoms with Crippen molar-refractivity contribution in [2.45, 2.75) is 26.4 Å². The minimum Gasteiger partial charge on any atom is -0.399 e. The molecule has 0 saturated carbocycles. The summed E-state index contributed by atoms with van der Waals surface area (Å²) >= 11 is 1.69. The topological polar surface area (TPSA) is 64.1 Å². The summed E-state index contributed by atoms with van der Waals surface area (Å²) in [6.45, 7) is 5.13. The van der Waals surface area contributed by atoms with E-state index in [0.717, 1.165) is 23.5 Å². The molecule has 3 nitrogen and oxygen atoms in total. The van der Waals surface area contributed by atoms with Crippen LogP contribution in [0.3, 0.4) is 0 Å². The average Bonchev–Trinajstić information content (AvgIpc) is 2.77. The Morgan fingerprint density at radius 2 is 1.94 bits per heavy atom. The number of hydrogen-bond acceptors (Lipinski definition) is 4. The highest BCUT2D eigenvalue weighted by atomic mass is 32.1. The second kappa shape index (κ2) is 5.42. The summed E-state index contributed by atoms with van der Waals surface area (Å²) in [6, 6.07) is 6.10. The van der Waals surface area contributed by atoms with Crippen LogP contribution in [0, 0.1) is 0 Å². The van der Waals surface area contributed by atoms with Crippen LogP contribution in [0.1, 0.15) is 19.4 Å². The van der Waals surface area contributed by atoms with Gasteiger partial charge in [0.1, 0.15) is 0 Å². The van der Waals surface area contributed by atoms with Crippen molar-refractivity contribution >= 4 is 22.7 Å². The molecule has 0 fully saturated rings. The largest absolute Gasteiger partial charge is 0.399 e. The third kappa shape index (κ3) is 2.83. The van der Waals surface area contributed by atoms with Crippen LogP contribution < -0.4 is 16.8 Å². The van der Waals surface area contributed by atoms with Gasteiger partial charge in [-0.05, 0) is 40.1 Å². The molecule has 96 valence electrons. The lowest BCUT2D eigenvalue weighted by Gasteiger charge is -2.11. The van der Waals surface area contributed by atoms with Gasteiger partial charge in [0, 0.05) is 29.5 Å². The van der Waals surface area contributed by atoms with Crippen molar-refractivity contribution in [3.63, 3.8) is 0 Å². The molecule has 18 heavy (non-hydrogen) atoms. The quantitative estimate of drug-likeness (QED) is 0.741. The van der Waals surface area contributed by atoms with Gasteiger partial charge in [-0.1, -0.05) is 13.8 Å². The van der Waals surface area contributed by atoms with Gasteiger partial charge in [0.05, 0.1) is 0 Å². The Hall–Kier alpha value is -1.52. The van der Waals surface area contributed by atoms with E-state index in [2.05, 4.69) is 29.9 Å². The Morgan fingerprint density at radius 3 is 2.67 bits per heavy atom. The molecule has 1 aromatic heterocycles. The van der Waals surface area contributed by atoms with Crippen LogP contribution in [0.15, 0.2) is 29.0 Å². The van der Waals surface area contributed by atoms with E-state index in [9.17, 15) is 0 Å². The molecule has 0 bridgehead atoms. The zero-order valence-electron chi connectivity index (χ0n) is 10.7. The molecule has 0 atom stereocenters. The number of rotatable bonds is 4. The summed E-state index contributed by atoms with van der Waals surface area (Å²) in [7, 11) is 0. The van der Waals surface area contributed by atoms with Crippen molar-refractivity contribution in [1.82, 2.24) is 5.32 Å². The maximum atomic E-state index is 6.03. The van der Waals surface area contributed by atoms with Crippen molar-refractivity contribution in [1.29, 1.82) is 0 Å². The minimum absolute atomic E-state index is 0.468. The number of anilines is 2. The van der Waals surface area contributed by atoms with Crippen LogP contribution in [0.4, 0.5) is 11.4 Å². The maximum absolute atomic E-state index is 6.03. The summed E-state index contributed by atoms with van der Waals surface area (Å²) in [6.07, 6.45) is 0. The second-order valence-corrected chi connectivity index (χ2v) is 5.44. The van der Waals surface area contributed by atoms with Crippen molar-refractivity contribution in [2.24, 2.45) is 0 Å². The van der Waals surface area contributed by atoms with Gasteiger partial charge in [-0.15, -0.1) is 0 Å². The van der Waals surface area contributed by atoms with E-state index >= 15 is 0 Å². The van der Waals surface area contributed by atoms with Gasteiger partial charge < -0.3 is 16.8 Å². The first-order valence-corrected chi connectivity index (χ1v) is 6.96. The smallest absolute Gasteiger partial charge is 0.0395 e. The number of nitrogens with two attached hydrogens (primary N) is 2. The first-order valence-electron chi connectivity index (χ1n) is 6.01. The number of nitrogens with one attached hydrogen (secondary N) is 1. The molecule has 4 heteroatoms. The van der Waals surface area contributed by atoms with Crippen molar-refractivity contribution in [3.05, 3.63) is 34.5 Å². The zero-order chi connectivity index (χ0) is 13.1. The first kappa shape index (κ1) is 12.9. The molecule has 0 aliphatic rings. The molecule has 0 radical (unpaired) electrons. The van der Waals surface area contributed by atoms with Gasteiger partial charge in [-0.2, -0.15) is 11.3 Å². The molecule has 2 rings (SSSR count). The fraction of sp³-hybridized carbons (Fsp3) is 0.286. The number of hydrogen-bond donors (Lipinski definition) is 3. The summed E-state index contributed by atoms with van der Waals surface area (Å²) in [5, 5.41) is 7.71. The van der Waals surface area contributed by atoms with E-state index in [1.807, 2.05) is 18.2 Å². The highest BCUT2D eigenvalue weighted by Gasteiger charge is 2.10. The third-order valence-corrected chi connectivity index (χ3v) is 3.60. The molecule has 0 amide bonds. The molecule has 5 N–H and O–H groups in total. The Morgan fingerprint density at radius 1 is 1.17 bits per heavy atom. The predicted octanol–water partition coefficient (Wildman–Crippen LogP) is 3.08. The summed E-state index contributed by atoms with van der Waals surface area (Å²) < 4.78 is 0. The van der Waals surface area contributed by atoms with E-state index in [1.165, 1.54) is 11.1 Å². The Bertz CT molecular complexity index is 532. The minimum atomic E-state index is 0.468.